The zero-order valence-electron chi connectivity index (χ0n) is 14.5. The Morgan fingerprint density at radius 3 is 2.56 bits per heavy atom. The van der Waals surface area contributed by atoms with Gasteiger partial charge in [0.25, 0.3) is 0 Å². The first-order valence-electron chi connectivity index (χ1n) is 8.57. The standard InChI is InChI=1S/C18H26N2O5/c1-24-10-11-25-16-5-3-2-4-14(16)12-19-18(23)20-15-8-6-13(7-9-15)17(21)22/h2-5,13,15H,6-12H2,1H3,(H,21,22)(H2,19,20,23). The number of rotatable bonds is 8. The number of aliphatic carboxylic acids is 1. The first kappa shape index (κ1) is 19.1. The molecule has 0 heterocycles. The summed E-state index contributed by atoms with van der Waals surface area (Å²) in [5.41, 5.74) is 0.892. The summed E-state index contributed by atoms with van der Waals surface area (Å²) in [7, 11) is 1.62. The van der Waals surface area contributed by atoms with Gasteiger partial charge in [0.05, 0.1) is 12.5 Å². The van der Waals surface area contributed by atoms with Crippen LogP contribution in [0, 0.1) is 5.92 Å². The van der Waals surface area contributed by atoms with Crippen molar-refractivity contribution < 1.29 is 24.2 Å². The highest BCUT2D eigenvalue weighted by Gasteiger charge is 2.26. The number of hydrogen-bond acceptors (Lipinski definition) is 4. The van der Waals surface area contributed by atoms with Crippen LogP contribution in [-0.2, 0) is 16.1 Å². The number of benzene rings is 1. The van der Waals surface area contributed by atoms with Crippen molar-refractivity contribution in [3.8, 4) is 5.75 Å². The van der Waals surface area contributed by atoms with Gasteiger partial charge < -0.3 is 25.2 Å². The summed E-state index contributed by atoms with van der Waals surface area (Å²) in [6, 6.07) is 7.32. The fraction of sp³-hybridized carbons (Fsp3) is 0.556. The molecule has 25 heavy (non-hydrogen) atoms. The first-order chi connectivity index (χ1) is 12.1. The van der Waals surface area contributed by atoms with Crippen molar-refractivity contribution in [3.05, 3.63) is 29.8 Å². The predicted molar refractivity (Wildman–Crippen MR) is 92.6 cm³/mol. The van der Waals surface area contributed by atoms with Gasteiger partial charge in [0.2, 0.25) is 0 Å². The van der Waals surface area contributed by atoms with Crippen molar-refractivity contribution in [1.29, 1.82) is 0 Å². The number of carboxylic acids is 1. The number of hydrogen-bond donors (Lipinski definition) is 3. The van der Waals surface area contributed by atoms with Gasteiger partial charge in [0.1, 0.15) is 12.4 Å². The zero-order chi connectivity index (χ0) is 18.1. The third kappa shape index (κ3) is 6.26. The molecule has 1 aromatic rings. The lowest BCUT2D eigenvalue weighted by molar-refractivity contribution is -0.142. The number of carbonyl (C=O) groups is 2. The monoisotopic (exact) mass is 350 g/mol. The van der Waals surface area contributed by atoms with Crippen LogP contribution < -0.4 is 15.4 Å². The average Bonchev–Trinajstić information content (AvgIpc) is 2.61. The summed E-state index contributed by atoms with van der Waals surface area (Å²) in [5.74, 6) is -0.299. The predicted octanol–water partition coefficient (Wildman–Crippen LogP) is 2.15. The Morgan fingerprint density at radius 2 is 1.88 bits per heavy atom. The van der Waals surface area contributed by atoms with Crippen molar-refractivity contribution in [2.75, 3.05) is 20.3 Å². The van der Waals surface area contributed by atoms with Gasteiger partial charge in [-0.3, -0.25) is 4.79 Å². The second-order valence-corrected chi connectivity index (χ2v) is 6.16. The molecule has 1 aromatic carbocycles. The number of carbonyl (C=O) groups excluding carboxylic acids is 1. The number of methoxy groups -OCH3 is 1. The van der Waals surface area contributed by atoms with Gasteiger partial charge in [0.15, 0.2) is 0 Å². The summed E-state index contributed by atoms with van der Waals surface area (Å²) >= 11 is 0. The number of carboxylic acid groups (broad SMARTS) is 1. The quantitative estimate of drug-likeness (QED) is 0.624. The van der Waals surface area contributed by atoms with Crippen LogP contribution in [0.15, 0.2) is 24.3 Å². The lowest BCUT2D eigenvalue weighted by atomic mass is 9.86. The fourth-order valence-corrected chi connectivity index (χ4v) is 2.92. The minimum Gasteiger partial charge on any atom is -0.491 e. The van der Waals surface area contributed by atoms with Gasteiger partial charge in [-0.25, -0.2) is 4.79 Å². The maximum absolute atomic E-state index is 12.1. The van der Waals surface area contributed by atoms with Crippen molar-refractivity contribution >= 4 is 12.0 Å². The fourth-order valence-electron chi connectivity index (χ4n) is 2.92. The SMILES string of the molecule is COCCOc1ccccc1CNC(=O)NC1CCC(C(=O)O)CC1. The molecule has 1 fully saturated rings. The first-order valence-corrected chi connectivity index (χ1v) is 8.57. The van der Waals surface area contributed by atoms with Crippen LogP contribution >= 0.6 is 0 Å². The molecule has 0 bridgehead atoms. The van der Waals surface area contributed by atoms with Gasteiger partial charge in [0, 0.05) is 25.3 Å². The normalized spacial score (nSPS) is 19.9. The molecule has 0 saturated heterocycles. The Hall–Kier alpha value is -2.28. The molecule has 3 N–H and O–H groups in total. The van der Waals surface area contributed by atoms with Gasteiger partial charge >= 0.3 is 12.0 Å². The van der Waals surface area contributed by atoms with E-state index in [1.165, 1.54) is 0 Å². The lowest BCUT2D eigenvalue weighted by Crippen LogP contribution is -2.43. The Bertz CT molecular complexity index is 570. The van der Waals surface area contributed by atoms with Crippen molar-refractivity contribution in [2.45, 2.75) is 38.3 Å². The molecular formula is C18H26N2O5. The van der Waals surface area contributed by atoms with E-state index in [0.717, 1.165) is 11.3 Å². The van der Waals surface area contributed by atoms with Crippen LogP contribution in [0.1, 0.15) is 31.2 Å². The maximum Gasteiger partial charge on any atom is 0.315 e. The number of amides is 2. The molecule has 2 amide bonds. The molecule has 0 atom stereocenters. The highest BCUT2D eigenvalue weighted by molar-refractivity contribution is 5.74. The van der Waals surface area contributed by atoms with Gasteiger partial charge in [-0.05, 0) is 31.7 Å². The van der Waals surface area contributed by atoms with E-state index < -0.39 is 5.97 Å². The van der Waals surface area contributed by atoms with Crippen LogP contribution in [0.2, 0.25) is 0 Å². The molecular weight excluding hydrogens is 324 g/mol. The van der Waals surface area contributed by atoms with E-state index in [-0.39, 0.29) is 18.0 Å². The molecule has 0 unspecified atom stereocenters. The van der Waals surface area contributed by atoms with Crippen LogP contribution in [0.5, 0.6) is 5.75 Å². The minimum atomic E-state index is -0.743. The Kier molecular flexibility index (Phi) is 7.53. The summed E-state index contributed by atoms with van der Waals surface area (Å²) < 4.78 is 10.6. The molecule has 0 aliphatic heterocycles. The van der Waals surface area contributed by atoms with E-state index in [2.05, 4.69) is 10.6 Å². The largest absolute Gasteiger partial charge is 0.491 e. The van der Waals surface area contributed by atoms with Crippen LogP contribution in [-0.4, -0.2) is 43.5 Å². The maximum atomic E-state index is 12.1. The van der Waals surface area contributed by atoms with Gasteiger partial charge in [-0.2, -0.15) is 0 Å². The average molecular weight is 350 g/mol. The highest BCUT2D eigenvalue weighted by atomic mass is 16.5. The van der Waals surface area contributed by atoms with E-state index in [0.29, 0.717) is 45.4 Å². The summed E-state index contributed by atoms with van der Waals surface area (Å²) in [5, 5.41) is 14.8. The summed E-state index contributed by atoms with van der Waals surface area (Å²) in [6.07, 6.45) is 2.61. The molecule has 1 aliphatic carbocycles. The van der Waals surface area contributed by atoms with E-state index in [9.17, 15) is 9.59 Å². The Balaban J connectivity index is 1.76. The second-order valence-electron chi connectivity index (χ2n) is 6.16. The van der Waals surface area contributed by atoms with Crippen LogP contribution in [0.25, 0.3) is 0 Å². The molecule has 7 nitrogen and oxygen atoms in total. The third-order valence-corrected chi connectivity index (χ3v) is 4.37. The molecule has 138 valence electrons. The molecule has 0 spiro atoms. The van der Waals surface area contributed by atoms with E-state index >= 15 is 0 Å². The molecule has 7 heteroatoms. The summed E-state index contributed by atoms with van der Waals surface area (Å²) in [6.45, 7) is 1.31. The third-order valence-electron chi connectivity index (χ3n) is 4.37. The van der Waals surface area contributed by atoms with E-state index in [4.69, 9.17) is 14.6 Å². The van der Waals surface area contributed by atoms with Gasteiger partial charge in [-0.15, -0.1) is 0 Å². The zero-order valence-corrected chi connectivity index (χ0v) is 14.5. The minimum absolute atomic E-state index is 0.0313. The Labute approximate surface area is 147 Å². The highest BCUT2D eigenvalue weighted by Crippen LogP contribution is 2.24. The molecule has 0 aromatic heterocycles. The van der Waals surface area contributed by atoms with Crippen LogP contribution in [0.3, 0.4) is 0 Å². The van der Waals surface area contributed by atoms with E-state index in [1.54, 1.807) is 7.11 Å². The van der Waals surface area contributed by atoms with Crippen molar-refractivity contribution in [2.24, 2.45) is 5.92 Å². The molecule has 2 rings (SSSR count). The topological polar surface area (TPSA) is 96.9 Å². The van der Waals surface area contributed by atoms with E-state index in [1.807, 2.05) is 24.3 Å². The molecule has 1 saturated carbocycles. The smallest absolute Gasteiger partial charge is 0.315 e. The summed E-state index contributed by atoms with van der Waals surface area (Å²) in [4.78, 5) is 23.0. The van der Waals surface area contributed by atoms with Crippen molar-refractivity contribution in [1.82, 2.24) is 10.6 Å². The Morgan fingerprint density at radius 1 is 1.16 bits per heavy atom. The second kappa shape index (κ2) is 9.88. The van der Waals surface area contributed by atoms with Crippen molar-refractivity contribution in [3.63, 3.8) is 0 Å². The number of nitrogens with one attached hydrogen (secondary N) is 2. The molecule has 0 radical (unpaired) electrons. The number of para-hydroxylation sites is 1. The number of urea groups is 1. The van der Waals surface area contributed by atoms with Crippen LogP contribution in [0.4, 0.5) is 4.79 Å². The number of ether oxygens (including phenoxy) is 2. The lowest BCUT2D eigenvalue weighted by Gasteiger charge is -2.26. The molecule has 1 aliphatic rings. The van der Waals surface area contributed by atoms with Gasteiger partial charge in [-0.1, -0.05) is 18.2 Å².